The number of rotatable bonds is 0. The standard InChI is InChI=1S/C8H15NO/c1-6-4-5-7(2)10-9-8(6)3/h5-6,8-9H,4H2,1-3H3. The second-order valence-corrected chi connectivity index (χ2v) is 3.04. The Kier molecular flexibility index (Phi) is 2.33. The van der Waals surface area contributed by atoms with Crippen molar-refractivity contribution in [3.8, 4) is 0 Å². The lowest BCUT2D eigenvalue weighted by Gasteiger charge is -2.15. The van der Waals surface area contributed by atoms with Crippen molar-refractivity contribution in [2.75, 3.05) is 0 Å². The van der Waals surface area contributed by atoms with Crippen LogP contribution in [0.5, 0.6) is 0 Å². The first kappa shape index (κ1) is 7.61. The van der Waals surface area contributed by atoms with Gasteiger partial charge < -0.3 is 4.84 Å². The lowest BCUT2D eigenvalue weighted by molar-refractivity contribution is 0.0726. The maximum Gasteiger partial charge on any atom is 0.117 e. The molecule has 0 aromatic heterocycles. The van der Waals surface area contributed by atoms with E-state index < -0.39 is 0 Å². The Morgan fingerprint density at radius 3 is 3.00 bits per heavy atom. The van der Waals surface area contributed by atoms with E-state index in [0.717, 1.165) is 12.2 Å². The quantitative estimate of drug-likeness (QED) is 0.555. The van der Waals surface area contributed by atoms with Crippen molar-refractivity contribution < 1.29 is 4.84 Å². The second-order valence-electron chi connectivity index (χ2n) is 3.04. The smallest absolute Gasteiger partial charge is 0.117 e. The van der Waals surface area contributed by atoms with Crippen LogP contribution in [0.15, 0.2) is 11.8 Å². The molecule has 2 nitrogen and oxygen atoms in total. The summed E-state index contributed by atoms with van der Waals surface area (Å²) in [5.41, 5.74) is 2.98. The Balaban J connectivity index is 2.52. The first-order valence-electron chi connectivity index (χ1n) is 3.79. The van der Waals surface area contributed by atoms with Gasteiger partial charge in [0.1, 0.15) is 5.76 Å². The van der Waals surface area contributed by atoms with Crippen molar-refractivity contribution in [1.29, 1.82) is 0 Å². The SMILES string of the molecule is CC1=CCC(C)C(C)NO1. The molecule has 1 aliphatic heterocycles. The molecule has 0 saturated heterocycles. The van der Waals surface area contributed by atoms with E-state index in [2.05, 4.69) is 25.4 Å². The molecular formula is C8H15NO. The van der Waals surface area contributed by atoms with Crippen LogP contribution >= 0.6 is 0 Å². The molecule has 1 aliphatic rings. The van der Waals surface area contributed by atoms with Crippen LogP contribution < -0.4 is 5.48 Å². The zero-order valence-electron chi connectivity index (χ0n) is 6.85. The Morgan fingerprint density at radius 2 is 2.30 bits per heavy atom. The fourth-order valence-corrected chi connectivity index (χ4v) is 0.900. The lowest BCUT2D eigenvalue weighted by atomic mass is 10.0. The van der Waals surface area contributed by atoms with Crippen molar-refractivity contribution in [1.82, 2.24) is 5.48 Å². The molecule has 0 bridgehead atoms. The molecular weight excluding hydrogens is 126 g/mol. The third-order valence-corrected chi connectivity index (χ3v) is 2.04. The van der Waals surface area contributed by atoms with Crippen molar-refractivity contribution >= 4 is 0 Å². The minimum atomic E-state index is 0.452. The van der Waals surface area contributed by atoms with Gasteiger partial charge in [-0.05, 0) is 32.3 Å². The summed E-state index contributed by atoms with van der Waals surface area (Å²) in [5, 5.41) is 0. The van der Waals surface area contributed by atoms with Crippen LogP contribution in [0.3, 0.4) is 0 Å². The maximum atomic E-state index is 5.20. The highest BCUT2D eigenvalue weighted by atomic mass is 16.6. The molecule has 0 amide bonds. The number of hydrogen-bond acceptors (Lipinski definition) is 2. The molecule has 1 heterocycles. The van der Waals surface area contributed by atoms with Crippen LogP contribution in [0.25, 0.3) is 0 Å². The molecule has 0 radical (unpaired) electrons. The monoisotopic (exact) mass is 141 g/mol. The molecule has 0 aromatic rings. The van der Waals surface area contributed by atoms with Gasteiger partial charge in [-0.15, -0.1) is 0 Å². The van der Waals surface area contributed by atoms with Gasteiger partial charge in [0, 0.05) is 6.04 Å². The fourth-order valence-electron chi connectivity index (χ4n) is 0.900. The summed E-state index contributed by atoms with van der Waals surface area (Å²) >= 11 is 0. The minimum Gasteiger partial charge on any atom is -0.414 e. The third-order valence-electron chi connectivity index (χ3n) is 2.04. The highest BCUT2D eigenvalue weighted by molar-refractivity contribution is 4.92. The number of nitrogens with one attached hydrogen (secondary N) is 1. The zero-order valence-corrected chi connectivity index (χ0v) is 6.85. The molecule has 0 aromatic carbocycles. The summed E-state index contributed by atoms with van der Waals surface area (Å²) in [4.78, 5) is 5.20. The zero-order chi connectivity index (χ0) is 7.56. The summed E-state index contributed by atoms with van der Waals surface area (Å²) in [6.07, 6.45) is 3.24. The van der Waals surface area contributed by atoms with E-state index >= 15 is 0 Å². The van der Waals surface area contributed by atoms with E-state index in [1.54, 1.807) is 0 Å². The van der Waals surface area contributed by atoms with Crippen LogP contribution in [0, 0.1) is 5.92 Å². The number of hydrogen-bond donors (Lipinski definition) is 1. The third kappa shape index (κ3) is 1.74. The highest BCUT2D eigenvalue weighted by Gasteiger charge is 2.14. The molecule has 1 N–H and O–H groups in total. The predicted octanol–water partition coefficient (Wildman–Crippen LogP) is 1.84. The predicted molar refractivity (Wildman–Crippen MR) is 41.2 cm³/mol. The van der Waals surface area contributed by atoms with E-state index in [0.29, 0.717) is 12.0 Å². The largest absolute Gasteiger partial charge is 0.414 e. The van der Waals surface area contributed by atoms with Gasteiger partial charge >= 0.3 is 0 Å². The molecule has 1 rings (SSSR count). The molecule has 0 spiro atoms. The van der Waals surface area contributed by atoms with Crippen LogP contribution in [-0.2, 0) is 4.84 Å². The van der Waals surface area contributed by atoms with E-state index in [9.17, 15) is 0 Å². The second kappa shape index (κ2) is 3.06. The van der Waals surface area contributed by atoms with Crippen molar-refractivity contribution in [2.24, 2.45) is 5.92 Å². The summed E-state index contributed by atoms with van der Waals surface area (Å²) in [5.74, 6) is 1.65. The summed E-state index contributed by atoms with van der Waals surface area (Å²) < 4.78 is 0. The van der Waals surface area contributed by atoms with Gasteiger partial charge in [-0.3, -0.25) is 0 Å². The van der Waals surface area contributed by atoms with Gasteiger partial charge in [-0.1, -0.05) is 6.92 Å². The lowest BCUT2D eigenvalue weighted by Crippen LogP contribution is -2.29. The topological polar surface area (TPSA) is 21.3 Å². The first-order valence-corrected chi connectivity index (χ1v) is 3.79. The van der Waals surface area contributed by atoms with Crippen molar-refractivity contribution in [2.45, 2.75) is 33.2 Å². The molecule has 0 aliphatic carbocycles. The highest BCUT2D eigenvalue weighted by Crippen LogP contribution is 2.14. The maximum absolute atomic E-state index is 5.20. The summed E-state index contributed by atoms with van der Waals surface area (Å²) in [7, 11) is 0. The Morgan fingerprint density at radius 1 is 1.60 bits per heavy atom. The number of allylic oxidation sites excluding steroid dienone is 2. The van der Waals surface area contributed by atoms with E-state index in [1.165, 1.54) is 0 Å². The Hall–Kier alpha value is -0.500. The van der Waals surface area contributed by atoms with Crippen LogP contribution in [0.1, 0.15) is 27.2 Å². The molecule has 2 heteroatoms. The molecule has 10 heavy (non-hydrogen) atoms. The molecule has 2 unspecified atom stereocenters. The van der Waals surface area contributed by atoms with Crippen LogP contribution in [0.4, 0.5) is 0 Å². The summed E-state index contributed by atoms with van der Waals surface area (Å²) in [6.45, 7) is 6.32. The molecule has 0 saturated carbocycles. The Labute approximate surface area is 62.2 Å². The van der Waals surface area contributed by atoms with Crippen molar-refractivity contribution in [3.63, 3.8) is 0 Å². The van der Waals surface area contributed by atoms with E-state index in [-0.39, 0.29) is 0 Å². The number of hydroxylamine groups is 1. The van der Waals surface area contributed by atoms with Gasteiger partial charge in [0.15, 0.2) is 0 Å². The van der Waals surface area contributed by atoms with Gasteiger partial charge in [0.2, 0.25) is 0 Å². The fraction of sp³-hybridized carbons (Fsp3) is 0.750. The van der Waals surface area contributed by atoms with Gasteiger partial charge in [0.25, 0.3) is 0 Å². The van der Waals surface area contributed by atoms with Crippen LogP contribution in [-0.4, -0.2) is 6.04 Å². The van der Waals surface area contributed by atoms with Gasteiger partial charge in [0.05, 0.1) is 0 Å². The average Bonchev–Trinajstić information content (AvgIpc) is 2.04. The first-order chi connectivity index (χ1) is 4.70. The molecule has 0 fully saturated rings. The van der Waals surface area contributed by atoms with Crippen LogP contribution in [0.2, 0.25) is 0 Å². The minimum absolute atomic E-state index is 0.452. The Bertz CT molecular complexity index is 142. The molecule has 58 valence electrons. The van der Waals surface area contributed by atoms with Crippen molar-refractivity contribution in [3.05, 3.63) is 11.8 Å². The van der Waals surface area contributed by atoms with Gasteiger partial charge in [-0.25, -0.2) is 0 Å². The molecule has 2 atom stereocenters. The van der Waals surface area contributed by atoms with E-state index in [4.69, 9.17) is 4.84 Å². The van der Waals surface area contributed by atoms with Gasteiger partial charge in [-0.2, -0.15) is 5.48 Å². The normalized spacial score (nSPS) is 34.1. The summed E-state index contributed by atoms with van der Waals surface area (Å²) in [6, 6.07) is 0.452. The van der Waals surface area contributed by atoms with E-state index in [1.807, 2.05) is 6.92 Å². The average molecular weight is 141 g/mol.